The average molecular weight is 370 g/mol. The zero-order valence-electron chi connectivity index (χ0n) is 9.40. The van der Waals surface area contributed by atoms with E-state index in [4.69, 9.17) is 5.73 Å². The van der Waals surface area contributed by atoms with Gasteiger partial charge in [0.25, 0.3) is 0 Å². The molecule has 6 heteroatoms. The number of aryl methyl sites for hydroxylation is 1. The van der Waals surface area contributed by atoms with Crippen molar-refractivity contribution in [3.05, 3.63) is 28.9 Å². The zero-order chi connectivity index (χ0) is 12.7. The van der Waals surface area contributed by atoms with Crippen LogP contribution in [0.25, 0.3) is 21.8 Å². The van der Waals surface area contributed by atoms with Crippen LogP contribution >= 0.6 is 31.9 Å². The molecule has 0 aliphatic carbocycles. The molecule has 0 unspecified atom stereocenters. The number of alkyl halides is 1. The zero-order valence-corrected chi connectivity index (χ0v) is 12.6. The number of pyridine rings is 1. The average Bonchev–Trinajstić information content (AvgIpc) is 2.74. The standard InChI is InChI=1S/C12H10Br2N4/c13-3-4-18-6-9-8-2-1-7(14)5-10(8)16-12(15)11(9)17-18/h1-2,5-6H,3-4H2,(H2,15,16). The van der Waals surface area contributed by atoms with Crippen LogP contribution in [0.5, 0.6) is 0 Å². The van der Waals surface area contributed by atoms with Gasteiger partial charge in [0, 0.05) is 26.8 Å². The first-order valence-electron chi connectivity index (χ1n) is 5.47. The Balaban J connectivity index is 2.37. The van der Waals surface area contributed by atoms with Crippen molar-refractivity contribution in [2.45, 2.75) is 6.54 Å². The highest BCUT2D eigenvalue weighted by Crippen LogP contribution is 2.28. The van der Waals surface area contributed by atoms with E-state index in [1.54, 1.807) is 0 Å². The Bertz CT molecular complexity index is 736. The van der Waals surface area contributed by atoms with Crippen LogP contribution in [0, 0.1) is 0 Å². The summed E-state index contributed by atoms with van der Waals surface area (Å²) in [5, 5.41) is 7.44. The third-order valence-corrected chi connectivity index (χ3v) is 3.66. The predicted octanol–water partition coefficient (Wildman–Crippen LogP) is 3.32. The normalized spacial score (nSPS) is 11.4. The molecule has 92 valence electrons. The fraction of sp³-hybridized carbons (Fsp3) is 0.167. The van der Waals surface area contributed by atoms with Crippen LogP contribution in [0.2, 0.25) is 0 Å². The van der Waals surface area contributed by atoms with Crippen LogP contribution in [0.4, 0.5) is 5.82 Å². The molecule has 0 bridgehead atoms. The van der Waals surface area contributed by atoms with Crippen LogP contribution < -0.4 is 5.73 Å². The molecular formula is C12H10Br2N4. The third kappa shape index (κ3) is 1.89. The van der Waals surface area contributed by atoms with Crippen molar-refractivity contribution in [2.24, 2.45) is 0 Å². The minimum atomic E-state index is 0.476. The minimum absolute atomic E-state index is 0.476. The molecule has 2 aromatic heterocycles. The summed E-state index contributed by atoms with van der Waals surface area (Å²) in [4.78, 5) is 4.40. The molecule has 0 amide bonds. The second-order valence-corrected chi connectivity index (χ2v) is 5.71. The lowest BCUT2D eigenvalue weighted by atomic mass is 10.1. The Labute approximate surface area is 120 Å². The topological polar surface area (TPSA) is 56.7 Å². The molecule has 0 aliphatic heterocycles. The number of fused-ring (bicyclic) bond motifs is 3. The molecule has 2 heterocycles. The van der Waals surface area contributed by atoms with Gasteiger partial charge in [-0.2, -0.15) is 5.10 Å². The Morgan fingerprint density at radius 1 is 1.28 bits per heavy atom. The Morgan fingerprint density at radius 2 is 2.11 bits per heavy atom. The second-order valence-electron chi connectivity index (χ2n) is 4.00. The Hall–Kier alpha value is -1.14. The number of halogens is 2. The van der Waals surface area contributed by atoms with Gasteiger partial charge < -0.3 is 5.73 Å². The van der Waals surface area contributed by atoms with Gasteiger partial charge >= 0.3 is 0 Å². The number of hydrogen-bond acceptors (Lipinski definition) is 3. The first kappa shape index (κ1) is 11.9. The largest absolute Gasteiger partial charge is 0.382 e. The second kappa shape index (κ2) is 4.51. The summed E-state index contributed by atoms with van der Waals surface area (Å²) in [6.45, 7) is 0.812. The van der Waals surface area contributed by atoms with Crippen LogP contribution in [0.15, 0.2) is 28.9 Å². The summed E-state index contributed by atoms with van der Waals surface area (Å²) < 4.78 is 2.88. The van der Waals surface area contributed by atoms with Crippen molar-refractivity contribution in [2.75, 3.05) is 11.1 Å². The molecule has 0 atom stereocenters. The third-order valence-electron chi connectivity index (χ3n) is 2.81. The van der Waals surface area contributed by atoms with Gasteiger partial charge in [0.05, 0.1) is 12.1 Å². The molecule has 0 fully saturated rings. The van der Waals surface area contributed by atoms with E-state index in [1.165, 1.54) is 0 Å². The molecule has 4 nitrogen and oxygen atoms in total. The van der Waals surface area contributed by atoms with E-state index in [0.717, 1.165) is 38.2 Å². The fourth-order valence-corrected chi connectivity index (χ4v) is 2.73. The van der Waals surface area contributed by atoms with Gasteiger partial charge in [-0.05, 0) is 12.1 Å². The number of hydrogen-bond donors (Lipinski definition) is 1. The smallest absolute Gasteiger partial charge is 0.152 e. The van der Waals surface area contributed by atoms with Crippen molar-refractivity contribution in [1.29, 1.82) is 0 Å². The van der Waals surface area contributed by atoms with Crippen molar-refractivity contribution in [1.82, 2.24) is 14.8 Å². The highest BCUT2D eigenvalue weighted by atomic mass is 79.9. The Morgan fingerprint density at radius 3 is 2.89 bits per heavy atom. The molecule has 0 radical (unpaired) electrons. The lowest BCUT2D eigenvalue weighted by Gasteiger charge is -2.01. The van der Waals surface area contributed by atoms with E-state index in [9.17, 15) is 0 Å². The molecule has 0 saturated carbocycles. The van der Waals surface area contributed by atoms with Crippen molar-refractivity contribution in [3.63, 3.8) is 0 Å². The van der Waals surface area contributed by atoms with Crippen LogP contribution in [0.3, 0.4) is 0 Å². The van der Waals surface area contributed by atoms with E-state index < -0.39 is 0 Å². The maximum absolute atomic E-state index is 5.97. The highest BCUT2D eigenvalue weighted by molar-refractivity contribution is 9.10. The summed E-state index contributed by atoms with van der Waals surface area (Å²) in [6.07, 6.45) is 2.02. The molecule has 18 heavy (non-hydrogen) atoms. The molecular weight excluding hydrogens is 360 g/mol. The van der Waals surface area contributed by atoms with E-state index in [2.05, 4.69) is 41.9 Å². The summed E-state index contributed by atoms with van der Waals surface area (Å²) in [7, 11) is 0. The number of nitrogens with zero attached hydrogens (tertiary/aromatic N) is 3. The van der Waals surface area contributed by atoms with Crippen molar-refractivity contribution < 1.29 is 0 Å². The molecule has 3 aromatic rings. The maximum atomic E-state index is 5.97. The first-order chi connectivity index (χ1) is 8.69. The van der Waals surface area contributed by atoms with Crippen LogP contribution in [-0.4, -0.2) is 20.1 Å². The molecule has 0 saturated heterocycles. The van der Waals surface area contributed by atoms with Gasteiger partial charge in [-0.25, -0.2) is 4.98 Å². The van der Waals surface area contributed by atoms with Gasteiger partial charge in [0.1, 0.15) is 5.52 Å². The van der Waals surface area contributed by atoms with E-state index >= 15 is 0 Å². The van der Waals surface area contributed by atoms with Crippen molar-refractivity contribution >= 4 is 59.5 Å². The molecule has 2 N–H and O–H groups in total. The predicted molar refractivity (Wildman–Crippen MR) is 80.9 cm³/mol. The van der Waals surface area contributed by atoms with Crippen LogP contribution in [0.1, 0.15) is 0 Å². The van der Waals surface area contributed by atoms with Crippen molar-refractivity contribution in [3.8, 4) is 0 Å². The number of anilines is 1. The summed E-state index contributed by atoms with van der Waals surface area (Å²) in [5.41, 5.74) is 7.62. The molecule has 3 rings (SSSR count). The monoisotopic (exact) mass is 368 g/mol. The molecule has 0 aliphatic rings. The summed E-state index contributed by atoms with van der Waals surface area (Å²) in [6, 6.07) is 6.00. The number of aromatic nitrogens is 3. The minimum Gasteiger partial charge on any atom is -0.382 e. The number of nitrogens with two attached hydrogens (primary N) is 1. The van der Waals surface area contributed by atoms with Gasteiger partial charge in [-0.1, -0.05) is 37.9 Å². The van der Waals surface area contributed by atoms with Gasteiger partial charge in [0.15, 0.2) is 5.82 Å². The number of benzene rings is 1. The lowest BCUT2D eigenvalue weighted by molar-refractivity contribution is 0.677. The van der Waals surface area contributed by atoms with Gasteiger partial charge in [-0.15, -0.1) is 0 Å². The number of nitrogen functional groups attached to an aromatic ring is 1. The molecule has 1 aromatic carbocycles. The van der Waals surface area contributed by atoms with E-state index in [-0.39, 0.29) is 0 Å². The van der Waals surface area contributed by atoms with Gasteiger partial charge in [-0.3, -0.25) is 4.68 Å². The SMILES string of the molecule is Nc1nc2cc(Br)ccc2c2cn(CCBr)nc12. The lowest BCUT2D eigenvalue weighted by Crippen LogP contribution is -1.99. The van der Waals surface area contributed by atoms with E-state index in [1.807, 2.05) is 29.1 Å². The molecule has 0 spiro atoms. The number of rotatable bonds is 2. The first-order valence-corrected chi connectivity index (χ1v) is 7.38. The van der Waals surface area contributed by atoms with Gasteiger partial charge in [0.2, 0.25) is 0 Å². The highest BCUT2D eigenvalue weighted by Gasteiger charge is 2.10. The maximum Gasteiger partial charge on any atom is 0.152 e. The van der Waals surface area contributed by atoms with E-state index in [0.29, 0.717) is 5.82 Å². The van der Waals surface area contributed by atoms with Crippen LogP contribution in [-0.2, 0) is 6.54 Å². The Kier molecular flexibility index (Phi) is 2.99. The summed E-state index contributed by atoms with van der Waals surface area (Å²) in [5.74, 6) is 0.476. The summed E-state index contributed by atoms with van der Waals surface area (Å²) >= 11 is 6.85. The fourth-order valence-electron chi connectivity index (χ4n) is 2.02. The quantitative estimate of drug-likeness (QED) is 0.705.